The zero-order chi connectivity index (χ0) is 11.7. The van der Waals surface area contributed by atoms with Gasteiger partial charge in [0.25, 0.3) is 0 Å². The molecule has 0 fully saturated rings. The molecule has 0 aliphatic carbocycles. The van der Waals surface area contributed by atoms with Gasteiger partial charge in [-0.05, 0) is 0 Å². The average Bonchev–Trinajstić information content (AvgIpc) is 1.52. The fourth-order valence-electron chi connectivity index (χ4n) is 0. The zero-order valence-electron chi connectivity index (χ0n) is 7.67. The zero-order valence-corrected chi connectivity index (χ0v) is 10.3. The van der Waals surface area contributed by atoms with E-state index in [1.54, 1.807) is 0 Å². The Morgan fingerprint density at radius 3 is 0.929 bits per heavy atom. The van der Waals surface area contributed by atoms with Crippen molar-refractivity contribution < 1.29 is 76.3 Å². The van der Waals surface area contributed by atoms with E-state index in [0.29, 0.717) is 0 Å². The van der Waals surface area contributed by atoms with Crippen molar-refractivity contribution in [2.75, 3.05) is 0 Å². The summed E-state index contributed by atoms with van der Waals surface area (Å²) in [4.78, 5) is 2.75. The van der Waals surface area contributed by atoms with Gasteiger partial charge in [-0.15, -0.1) is 4.99 Å². The molecule has 0 aliphatic heterocycles. The molecule has 0 atom stereocenters. The summed E-state index contributed by atoms with van der Waals surface area (Å²) in [5, 5.41) is 6.85. The summed E-state index contributed by atoms with van der Waals surface area (Å²) in [5.74, 6) is 3.90. The summed E-state index contributed by atoms with van der Waals surface area (Å²) in [5.41, 5.74) is 0. The minimum Gasteiger partial charge on any atom is -1.00 e. The van der Waals surface area contributed by atoms with Crippen LogP contribution in [-0.2, 0) is 25.8 Å². The van der Waals surface area contributed by atoms with E-state index in [9.17, 15) is 0 Å². The molecule has 86 valence electrons. The van der Waals surface area contributed by atoms with Crippen LogP contribution in [0.2, 0.25) is 0 Å². The maximum Gasteiger partial charge on any atom is 1.00 e. The van der Waals surface area contributed by atoms with Crippen LogP contribution in [0.4, 0.5) is 0 Å². The van der Waals surface area contributed by atoms with Gasteiger partial charge in [0.15, 0.2) is 0 Å². The van der Waals surface area contributed by atoms with Crippen LogP contribution in [0.15, 0.2) is 0 Å². The third-order valence-corrected chi connectivity index (χ3v) is 0. The van der Waals surface area contributed by atoms with Crippen LogP contribution in [0.5, 0.6) is 0 Å². The summed E-state index contributed by atoms with van der Waals surface area (Å²) >= 11 is 0. The molecule has 0 aromatic rings. The molecule has 0 aliphatic rings. The monoisotopic (exact) mass is 269 g/mol. The Labute approximate surface area is 103 Å². The van der Waals surface area contributed by atoms with Crippen LogP contribution >= 0.6 is 0 Å². The van der Waals surface area contributed by atoms with Crippen molar-refractivity contribution in [2.24, 2.45) is 5.90 Å². The average molecular weight is 269 g/mol. The van der Waals surface area contributed by atoms with E-state index in [1.165, 1.54) is 0 Å². The number of nitrogens with two attached hydrogens (primary N) is 1. The standard InChI is InChI=1S/H3NO2.Na.2H2O4S.H/c1-3-2;;2*1-5(2,3)4;/h2H,1H2;;2*(H2,1,2,3,4);/q;+1;;;-1. The fraction of sp³-hybridized carbons (Fsp3) is 0. The largest absolute Gasteiger partial charge is 1.00 e. The van der Waals surface area contributed by atoms with Crippen molar-refractivity contribution in [3.8, 4) is 0 Å². The number of hydrogen-bond donors (Lipinski definition) is 6. The molecule has 11 nitrogen and oxygen atoms in total. The fourth-order valence-corrected chi connectivity index (χ4v) is 0. The van der Waals surface area contributed by atoms with E-state index in [4.69, 9.17) is 40.3 Å². The maximum absolute atomic E-state index is 8.74. The van der Waals surface area contributed by atoms with Gasteiger partial charge in [-0.2, -0.15) is 22.7 Å². The molecule has 0 amide bonds. The van der Waals surface area contributed by atoms with E-state index in [0.717, 1.165) is 0 Å². The predicted molar refractivity (Wildman–Crippen MR) is 37.4 cm³/mol. The first-order chi connectivity index (χ1) is 5.41. The van der Waals surface area contributed by atoms with Crippen LogP contribution in [0.3, 0.4) is 0 Å². The van der Waals surface area contributed by atoms with Crippen LogP contribution in [0.1, 0.15) is 1.43 Å². The molecule has 14 heteroatoms. The molecule has 7 N–H and O–H groups in total. The third-order valence-electron chi connectivity index (χ3n) is 0. The topological polar surface area (TPSA) is 205 Å². The summed E-state index contributed by atoms with van der Waals surface area (Å²) in [6, 6.07) is 0. The molecule has 0 radical (unpaired) electrons. The van der Waals surface area contributed by atoms with Crippen LogP contribution in [0.25, 0.3) is 0 Å². The first-order valence-electron chi connectivity index (χ1n) is 1.82. The molecule has 14 heavy (non-hydrogen) atoms. The predicted octanol–water partition coefficient (Wildman–Crippen LogP) is -4.84. The second-order valence-corrected chi connectivity index (χ2v) is 2.79. The Morgan fingerprint density at radius 2 is 0.929 bits per heavy atom. The van der Waals surface area contributed by atoms with Gasteiger partial charge in [0.05, 0.1) is 0 Å². The molecular weight excluding hydrogens is 261 g/mol. The summed E-state index contributed by atoms with van der Waals surface area (Å²) in [6.07, 6.45) is 0. The van der Waals surface area contributed by atoms with Gasteiger partial charge in [-0.3, -0.25) is 18.2 Å². The molecule has 0 aromatic heterocycles. The molecule has 0 aromatic carbocycles. The van der Waals surface area contributed by atoms with Crippen molar-refractivity contribution >= 4 is 20.8 Å². The third kappa shape index (κ3) is 4430. The van der Waals surface area contributed by atoms with Crippen molar-refractivity contribution in [1.29, 1.82) is 0 Å². The van der Waals surface area contributed by atoms with E-state index < -0.39 is 20.8 Å². The molecular formula is H8NNaO10S2. The van der Waals surface area contributed by atoms with Gasteiger partial charge in [0.2, 0.25) is 0 Å². The van der Waals surface area contributed by atoms with Crippen LogP contribution < -0.4 is 35.5 Å². The Kier molecular flexibility index (Phi) is 20.1. The minimum atomic E-state index is -4.67. The second kappa shape index (κ2) is 11.7. The van der Waals surface area contributed by atoms with E-state index in [-0.39, 0.29) is 31.0 Å². The van der Waals surface area contributed by atoms with E-state index in [1.807, 2.05) is 0 Å². The van der Waals surface area contributed by atoms with Gasteiger partial charge < -0.3 is 1.43 Å². The van der Waals surface area contributed by atoms with Gasteiger partial charge in [0, 0.05) is 0 Å². The van der Waals surface area contributed by atoms with Gasteiger partial charge in [-0.25, -0.2) is 5.26 Å². The van der Waals surface area contributed by atoms with Gasteiger partial charge in [-0.1, -0.05) is 0 Å². The summed E-state index contributed by atoms with van der Waals surface area (Å²) in [7, 11) is -9.33. The SMILES string of the molecule is NOO.O=S(=O)(O)O.O=S(=O)(O)O.[H-].[Na+]. The number of hydrogen-bond acceptors (Lipinski definition) is 7. The molecule has 0 saturated heterocycles. The van der Waals surface area contributed by atoms with Crippen molar-refractivity contribution in [3.05, 3.63) is 0 Å². The Balaban J connectivity index is -0.0000000322. The van der Waals surface area contributed by atoms with Gasteiger partial charge in [0.1, 0.15) is 0 Å². The van der Waals surface area contributed by atoms with Crippen LogP contribution in [-0.4, -0.2) is 40.3 Å². The maximum atomic E-state index is 8.74. The molecule has 0 saturated carbocycles. The smallest absolute Gasteiger partial charge is 1.00 e. The molecule has 0 heterocycles. The minimum absolute atomic E-state index is 0. The quantitative estimate of drug-likeness (QED) is 0.106. The van der Waals surface area contributed by atoms with Crippen LogP contribution in [0, 0.1) is 0 Å². The first-order valence-corrected chi connectivity index (χ1v) is 4.61. The summed E-state index contributed by atoms with van der Waals surface area (Å²) in [6.45, 7) is 0. The normalized spacial score (nSPS) is 9.57. The Morgan fingerprint density at radius 1 is 0.929 bits per heavy atom. The Bertz CT molecular complexity index is 233. The molecule has 0 unspecified atom stereocenters. The molecule has 0 rings (SSSR count). The van der Waals surface area contributed by atoms with Crippen molar-refractivity contribution in [2.45, 2.75) is 0 Å². The van der Waals surface area contributed by atoms with Crippen molar-refractivity contribution in [1.82, 2.24) is 0 Å². The van der Waals surface area contributed by atoms with Crippen molar-refractivity contribution in [3.63, 3.8) is 0 Å². The first kappa shape index (κ1) is 24.0. The molecule has 0 spiro atoms. The van der Waals surface area contributed by atoms with E-state index >= 15 is 0 Å². The Hall–Kier alpha value is 0.620. The second-order valence-electron chi connectivity index (χ2n) is 1.00. The van der Waals surface area contributed by atoms with Gasteiger partial charge >= 0.3 is 50.4 Å². The number of rotatable bonds is 0. The summed E-state index contributed by atoms with van der Waals surface area (Å²) < 4.78 is 63.2. The van der Waals surface area contributed by atoms with E-state index in [2.05, 4.69) is 10.9 Å². The molecule has 0 bridgehead atoms.